The number of aromatic nitrogens is 2. The van der Waals surface area contributed by atoms with Gasteiger partial charge in [0, 0.05) is 33.0 Å². The van der Waals surface area contributed by atoms with Crippen LogP contribution in [0.5, 0.6) is 5.75 Å². The predicted molar refractivity (Wildman–Crippen MR) is 117 cm³/mol. The Morgan fingerprint density at radius 3 is 2.72 bits per heavy atom. The number of anilines is 2. The number of nitrogens with zero attached hydrogens (tertiary/aromatic N) is 4. The quantitative estimate of drug-likeness (QED) is 0.638. The predicted octanol–water partition coefficient (Wildman–Crippen LogP) is 4.33. The van der Waals surface area contributed by atoms with Crippen LogP contribution in [0.3, 0.4) is 0 Å². The van der Waals surface area contributed by atoms with Crippen molar-refractivity contribution in [3.8, 4) is 5.75 Å². The Labute approximate surface area is 177 Å². The van der Waals surface area contributed by atoms with Crippen molar-refractivity contribution >= 4 is 29.0 Å². The first-order valence-electron chi connectivity index (χ1n) is 10.1. The molecule has 0 aliphatic carbocycles. The summed E-state index contributed by atoms with van der Waals surface area (Å²) in [6.07, 6.45) is 3.11. The fourth-order valence-corrected chi connectivity index (χ4v) is 3.98. The summed E-state index contributed by atoms with van der Waals surface area (Å²) in [6.45, 7) is 8.15. The highest BCUT2D eigenvalue weighted by atomic mass is 35.5. The molecule has 0 bridgehead atoms. The number of hydrogen-bond donors (Lipinski definition) is 0. The minimum atomic E-state index is 0.0777. The lowest BCUT2D eigenvalue weighted by Gasteiger charge is -2.23. The number of ketones is 1. The number of rotatable bonds is 8. The van der Waals surface area contributed by atoms with E-state index in [4.69, 9.17) is 16.3 Å². The van der Waals surface area contributed by atoms with Gasteiger partial charge in [0.1, 0.15) is 29.0 Å². The second kappa shape index (κ2) is 9.44. The van der Waals surface area contributed by atoms with Crippen LogP contribution >= 0.6 is 11.6 Å². The lowest BCUT2D eigenvalue weighted by molar-refractivity contribution is -0.117. The molecule has 0 N–H and O–H groups in total. The van der Waals surface area contributed by atoms with Gasteiger partial charge in [-0.3, -0.25) is 0 Å². The van der Waals surface area contributed by atoms with Crippen LogP contribution in [0, 0.1) is 0 Å². The minimum absolute atomic E-state index is 0.0777. The van der Waals surface area contributed by atoms with Gasteiger partial charge in [0.05, 0.1) is 6.54 Å². The maximum atomic E-state index is 11.3. The SMILES string of the molecule is CCN(C)c1ncnc(N2CCC(Oc3ccc([C@H](C)CC(C)=O)cc3)C2)c1Cl. The number of halogens is 1. The topological polar surface area (TPSA) is 58.6 Å². The number of carbonyl (C=O) groups is 1. The van der Waals surface area contributed by atoms with Crippen molar-refractivity contribution in [1.82, 2.24) is 9.97 Å². The van der Waals surface area contributed by atoms with Gasteiger partial charge in [0.15, 0.2) is 11.6 Å². The van der Waals surface area contributed by atoms with Gasteiger partial charge in [0.25, 0.3) is 0 Å². The Hall–Kier alpha value is -2.34. The second-order valence-corrected chi connectivity index (χ2v) is 8.08. The van der Waals surface area contributed by atoms with E-state index < -0.39 is 0 Å². The standard InChI is InChI=1S/C22H29ClN4O2/c1-5-26(4)21-20(23)22(25-14-24-21)27-11-10-19(13-27)29-18-8-6-17(7-9-18)15(2)12-16(3)28/h6-9,14-15,19H,5,10-13H2,1-4H3/t15-,19?/m1/s1. The molecule has 1 unspecified atom stereocenters. The monoisotopic (exact) mass is 416 g/mol. The maximum Gasteiger partial charge on any atom is 0.153 e. The number of benzene rings is 1. The molecule has 1 aromatic heterocycles. The number of Topliss-reactive ketones (excluding diaryl/α,β-unsaturated/α-hetero) is 1. The zero-order valence-electron chi connectivity index (χ0n) is 17.6. The molecule has 1 aromatic carbocycles. The molecule has 0 amide bonds. The summed E-state index contributed by atoms with van der Waals surface area (Å²) in [5, 5.41) is 0.585. The third kappa shape index (κ3) is 5.18. The summed E-state index contributed by atoms with van der Waals surface area (Å²) in [7, 11) is 1.97. The van der Waals surface area contributed by atoms with Crippen LogP contribution in [0.15, 0.2) is 30.6 Å². The molecule has 1 saturated heterocycles. The molecule has 0 saturated carbocycles. The first kappa shape index (κ1) is 21.4. The molecule has 0 radical (unpaired) electrons. The van der Waals surface area contributed by atoms with E-state index in [0.29, 0.717) is 11.4 Å². The largest absolute Gasteiger partial charge is 0.489 e. The lowest BCUT2D eigenvalue weighted by Crippen LogP contribution is -2.26. The third-order valence-electron chi connectivity index (χ3n) is 5.38. The van der Waals surface area contributed by atoms with Crippen LogP contribution in [0.25, 0.3) is 0 Å². The highest BCUT2D eigenvalue weighted by molar-refractivity contribution is 6.35. The number of ether oxygens (including phenoxy) is 1. The van der Waals surface area contributed by atoms with Crippen LogP contribution in [0.1, 0.15) is 45.1 Å². The fourth-order valence-electron chi connectivity index (χ4n) is 3.62. The van der Waals surface area contributed by atoms with Gasteiger partial charge in [-0.1, -0.05) is 30.7 Å². The number of carbonyl (C=O) groups excluding carboxylic acids is 1. The third-order valence-corrected chi connectivity index (χ3v) is 5.72. The Balaban J connectivity index is 1.63. The van der Waals surface area contributed by atoms with Gasteiger partial charge in [-0.15, -0.1) is 0 Å². The van der Waals surface area contributed by atoms with Crippen molar-refractivity contribution in [3.63, 3.8) is 0 Å². The minimum Gasteiger partial charge on any atom is -0.489 e. The normalized spacial score (nSPS) is 17.3. The van der Waals surface area contributed by atoms with Crippen LogP contribution in [0.4, 0.5) is 11.6 Å². The average Bonchev–Trinajstić information content (AvgIpc) is 3.15. The molecule has 6 nitrogen and oxygen atoms in total. The molecular formula is C22H29ClN4O2. The van der Waals surface area contributed by atoms with Gasteiger partial charge >= 0.3 is 0 Å². The highest BCUT2D eigenvalue weighted by Crippen LogP contribution is 2.33. The average molecular weight is 417 g/mol. The van der Waals surface area contributed by atoms with E-state index in [-0.39, 0.29) is 17.8 Å². The van der Waals surface area contributed by atoms with Crippen LogP contribution < -0.4 is 14.5 Å². The molecule has 2 aromatic rings. The van der Waals surface area contributed by atoms with Crippen molar-refractivity contribution in [2.45, 2.75) is 45.6 Å². The first-order valence-corrected chi connectivity index (χ1v) is 10.5. The molecule has 7 heteroatoms. The molecule has 156 valence electrons. The van der Waals surface area contributed by atoms with Gasteiger partial charge in [-0.25, -0.2) is 9.97 Å². The van der Waals surface area contributed by atoms with E-state index in [1.54, 1.807) is 13.3 Å². The number of hydrogen-bond acceptors (Lipinski definition) is 6. The highest BCUT2D eigenvalue weighted by Gasteiger charge is 2.28. The molecule has 1 fully saturated rings. The summed E-state index contributed by atoms with van der Waals surface area (Å²) >= 11 is 6.58. The van der Waals surface area contributed by atoms with E-state index in [0.717, 1.165) is 49.0 Å². The summed E-state index contributed by atoms with van der Waals surface area (Å²) < 4.78 is 6.18. The summed E-state index contributed by atoms with van der Waals surface area (Å²) in [5.74, 6) is 2.78. The smallest absolute Gasteiger partial charge is 0.153 e. The van der Waals surface area contributed by atoms with Gasteiger partial charge in [0.2, 0.25) is 0 Å². The molecule has 1 aliphatic heterocycles. The maximum absolute atomic E-state index is 11.3. The van der Waals surface area contributed by atoms with E-state index in [9.17, 15) is 4.79 Å². The molecule has 2 heterocycles. The summed E-state index contributed by atoms with van der Waals surface area (Å²) in [5.41, 5.74) is 1.15. The van der Waals surface area contributed by atoms with E-state index in [1.165, 1.54) is 0 Å². The van der Waals surface area contributed by atoms with E-state index in [1.807, 2.05) is 36.2 Å². The Morgan fingerprint density at radius 2 is 2.07 bits per heavy atom. The van der Waals surface area contributed by atoms with Crippen molar-refractivity contribution in [1.29, 1.82) is 0 Å². The van der Waals surface area contributed by atoms with E-state index >= 15 is 0 Å². The van der Waals surface area contributed by atoms with E-state index in [2.05, 4.69) is 28.7 Å². The van der Waals surface area contributed by atoms with Crippen LogP contribution in [-0.2, 0) is 4.79 Å². The zero-order valence-corrected chi connectivity index (χ0v) is 18.3. The molecule has 2 atom stereocenters. The molecular weight excluding hydrogens is 388 g/mol. The first-order chi connectivity index (χ1) is 13.9. The Kier molecular flexibility index (Phi) is 6.96. The van der Waals surface area contributed by atoms with Gasteiger partial charge in [-0.2, -0.15) is 0 Å². The summed E-state index contributed by atoms with van der Waals surface area (Å²) in [4.78, 5) is 24.2. The van der Waals surface area contributed by atoms with Crippen LogP contribution in [-0.4, -0.2) is 48.5 Å². The van der Waals surface area contributed by atoms with Crippen molar-refractivity contribution in [2.24, 2.45) is 0 Å². The van der Waals surface area contributed by atoms with Crippen molar-refractivity contribution in [3.05, 3.63) is 41.2 Å². The molecule has 1 aliphatic rings. The molecule has 0 spiro atoms. The Morgan fingerprint density at radius 1 is 1.34 bits per heavy atom. The van der Waals surface area contributed by atoms with Crippen molar-refractivity contribution in [2.75, 3.05) is 36.5 Å². The fraction of sp³-hybridized carbons (Fsp3) is 0.500. The molecule has 3 rings (SSSR count). The zero-order chi connectivity index (χ0) is 21.0. The van der Waals surface area contributed by atoms with Crippen LogP contribution in [0.2, 0.25) is 5.02 Å². The second-order valence-electron chi connectivity index (χ2n) is 7.70. The van der Waals surface area contributed by atoms with Crippen molar-refractivity contribution < 1.29 is 9.53 Å². The Bertz CT molecular complexity index is 843. The van der Waals surface area contributed by atoms with Gasteiger partial charge in [-0.05, 0) is 37.5 Å². The molecule has 29 heavy (non-hydrogen) atoms. The van der Waals surface area contributed by atoms with Gasteiger partial charge < -0.3 is 19.3 Å². The summed E-state index contributed by atoms with van der Waals surface area (Å²) in [6, 6.07) is 8.06. The lowest BCUT2D eigenvalue weighted by atomic mass is 9.96.